The minimum absolute atomic E-state index is 0.0961. The van der Waals surface area contributed by atoms with E-state index in [4.69, 9.17) is 11.6 Å². The molecule has 1 heterocycles. The molecule has 0 radical (unpaired) electrons. The second-order valence-electron chi connectivity index (χ2n) is 2.63. The van der Waals surface area contributed by atoms with Gasteiger partial charge >= 0.3 is 0 Å². The van der Waals surface area contributed by atoms with Gasteiger partial charge in [0.15, 0.2) is 14.9 Å². The van der Waals surface area contributed by atoms with Gasteiger partial charge in [-0.15, -0.1) is 0 Å². The molecule has 0 spiro atoms. The maximum Gasteiger partial charge on any atom is 0.195 e. The van der Waals surface area contributed by atoms with Crippen LogP contribution >= 0.6 is 11.6 Å². The van der Waals surface area contributed by atoms with Crippen LogP contribution in [0.5, 0.6) is 0 Å². The summed E-state index contributed by atoms with van der Waals surface area (Å²) in [5, 5.41) is 0.536. The van der Waals surface area contributed by atoms with Crippen LogP contribution in [0.15, 0.2) is 23.4 Å². The Morgan fingerprint density at radius 3 is 2.62 bits per heavy atom. The van der Waals surface area contributed by atoms with Gasteiger partial charge in [-0.1, -0.05) is 18.5 Å². The van der Waals surface area contributed by atoms with E-state index in [0.29, 0.717) is 11.4 Å². The van der Waals surface area contributed by atoms with Gasteiger partial charge < -0.3 is 0 Å². The first-order valence-corrected chi connectivity index (χ1v) is 5.93. The fourth-order valence-electron chi connectivity index (χ4n) is 0.920. The molecule has 1 aromatic rings. The number of hydrogen-bond donors (Lipinski definition) is 0. The average Bonchev–Trinajstić information content (AvgIpc) is 2.05. The Hall–Kier alpha value is -0.610. The number of pyridine rings is 1. The molecule has 0 aliphatic carbocycles. The Bertz CT molecular complexity index is 372. The van der Waals surface area contributed by atoms with Crippen molar-refractivity contribution < 1.29 is 8.42 Å². The van der Waals surface area contributed by atoms with E-state index in [1.165, 1.54) is 18.3 Å². The fourth-order valence-corrected chi connectivity index (χ4v) is 2.27. The molecule has 1 aromatic heterocycles. The van der Waals surface area contributed by atoms with Crippen molar-refractivity contribution in [3.05, 3.63) is 23.4 Å². The van der Waals surface area contributed by atoms with Crippen LogP contribution in [0.2, 0.25) is 5.02 Å². The third-order valence-corrected chi connectivity index (χ3v) is 3.54. The summed E-state index contributed by atoms with van der Waals surface area (Å²) in [5.74, 6) is 0.127. The molecule has 0 aliphatic rings. The number of nitrogens with zero attached hydrogens (tertiary/aromatic N) is 1. The summed E-state index contributed by atoms with van der Waals surface area (Å²) in [4.78, 5) is 3.75. The fraction of sp³-hybridized carbons (Fsp3) is 0.375. The predicted molar refractivity (Wildman–Crippen MR) is 51.6 cm³/mol. The van der Waals surface area contributed by atoms with Crippen LogP contribution in [0.1, 0.15) is 13.3 Å². The largest absolute Gasteiger partial charge is 0.243 e. The van der Waals surface area contributed by atoms with Gasteiger partial charge in [-0.2, -0.15) is 0 Å². The maximum atomic E-state index is 11.4. The second kappa shape index (κ2) is 4.07. The SMILES string of the molecule is CCCS(=O)(=O)c1ccc(Cl)cn1. The van der Waals surface area contributed by atoms with Crippen LogP contribution in [0.3, 0.4) is 0 Å². The second-order valence-corrected chi connectivity index (χ2v) is 5.13. The molecule has 1 rings (SSSR count). The minimum Gasteiger partial charge on any atom is -0.243 e. The monoisotopic (exact) mass is 219 g/mol. The predicted octanol–water partition coefficient (Wildman–Crippen LogP) is 1.92. The summed E-state index contributed by atoms with van der Waals surface area (Å²) >= 11 is 5.58. The summed E-state index contributed by atoms with van der Waals surface area (Å²) in [6.07, 6.45) is 1.93. The molecule has 0 fully saturated rings. The Balaban J connectivity index is 3.02. The van der Waals surface area contributed by atoms with Crippen LogP contribution in [0.4, 0.5) is 0 Å². The topological polar surface area (TPSA) is 47.0 Å². The van der Waals surface area contributed by atoms with Gasteiger partial charge in [0, 0.05) is 6.20 Å². The van der Waals surface area contributed by atoms with E-state index >= 15 is 0 Å². The standard InChI is InChI=1S/C8H10ClNO2S/c1-2-5-13(11,12)8-4-3-7(9)6-10-8/h3-4,6H,2,5H2,1H3. The van der Waals surface area contributed by atoms with Crippen molar-refractivity contribution in [1.29, 1.82) is 0 Å². The van der Waals surface area contributed by atoms with Gasteiger partial charge in [0.2, 0.25) is 0 Å². The highest BCUT2D eigenvalue weighted by Gasteiger charge is 2.13. The molecule has 0 aliphatic heterocycles. The van der Waals surface area contributed by atoms with Gasteiger partial charge in [0.1, 0.15) is 0 Å². The van der Waals surface area contributed by atoms with E-state index in [1.807, 2.05) is 6.92 Å². The first-order valence-electron chi connectivity index (χ1n) is 3.90. The van der Waals surface area contributed by atoms with Crippen molar-refractivity contribution in [1.82, 2.24) is 4.98 Å². The third kappa shape index (κ3) is 2.67. The zero-order valence-electron chi connectivity index (χ0n) is 7.20. The molecule has 0 saturated carbocycles. The van der Waals surface area contributed by atoms with E-state index in [0.717, 1.165) is 0 Å². The van der Waals surface area contributed by atoms with E-state index in [-0.39, 0.29) is 10.8 Å². The summed E-state index contributed by atoms with van der Waals surface area (Å²) in [6, 6.07) is 2.95. The van der Waals surface area contributed by atoms with Gasteiger partial charge in [-0.25, -0.2) is 13.4 Å². The Morgan fingerprint density at radius 1 is 1.46 bits per heavy atom. The smallest absolute Gasteiger partial charge is 0.195 e. The van der Waals surface area contributed by atoms with Gasteiger partial charge in [0.25, 0.3) is 0 Å². The lowest BCUT2D eigenvalue weighted by molar-refractivity contribution is 0.591. The van der Waals surface area contributed by atoms with Crippen molar-refractivity contribution in [3.63, 3.8) is 0 Å². The zero-order chi connectivity index (χ0) is 9.90. The van der Waals surface area contributed by atoms with E-state index in [1.54, 1.807) is 0 Å². The van der Waals surface area contributed by atoms with E-state index < -0.39 is 9.84 Å². The van der Waals surface area contributed by atoms with Gasteiger partial charge in [0.05, 0.1) is 10.8 Å². The Morgan fingerprint density at radius 2 is 2.15 bits per heavy atom. The van der Waals surface area contributed by atoms with Gasteiger partial charge in [-0.05, 0) is 18.6 Å². The lowest BCUT2D eigenvalue weighted by atomic mass is 10.5. The highest BCUT2D eigenvalue weighted by Crippen LogP contribution is 2.12. The van der Waals surface area contributed by atoms with Crippen molar-refractivity contribution in [2.45, 2.75) is 18.4 Å². The van der Waals surface area contributed by atoms with E-state index in [2.05, 4.69) is 4.98 Å². The molecule has 0 aromatic carbocycles. The third-order valence-electron chi connectivity index (χ3n) is 1.49. The highest BCUT2D eigenvalue weighted by atomic mass is 35.5. The lowest BCUT2D eigenvalue weighted by Gasteiger charge is -2.00. The van der Waals surface area contributed by atoms with Crippen LogP contribution in [-0.2, 0) is 9.84 Å². The van der Waals surface area contributed by atoms with Crippen molar-refractivity contribution >= 4 is 21.4 Å². The van der Waals surface area contributed by atoms with E-state index in [9.17, 15) is 8.42 Å². The summed E-state index contributed by atoms with van der Waals surface area (Å²) in [6.45, 7) is 1.81. The summed E-state index contributed by atoms with van der Waals surface area (Å²) < 4.78 is 22.9. The summed E-state index contributed by atoms with van der Waals surface area (Å²) in [7, 11) is -3.20. The number of hydrogen-bond acceptors (Lipinski definition) is 3. The van der Waals surface area contributed by atoms with Crippen molar-refractivity contribution in [3.8, 4) is 0 Å². The number of rotatable bonds is 3. The number of aromatic nitrogens is 1. The van der Waals surface area contributed by atoms with Crippen LogP contribution in [0.25, 0.3) is 0 Å². The Kier molecular flexibility index (Phi) is 3.27. The molecule has 0 saturated heterocycles. The molecule has 13 heavy (non-hydrogen) atoms. The number of sulfone groups is 1. The van der Waals surface area contributed by atoms with Crippen molar-refractivity contribution in [2.24, 2.45) is 0 Å². The minimum atomic E-state index is -3.20. The average molecular weight is 220 g/mol. The molecule has 0 amide bonds. The zero-order valence-corrected chi connectivity index (χ0v) is 8.77. The molecule has 0 bridgehead atoms. The molecule has 0 unspecified atom stereocenters. The molecular formula is C8H10ClNO2S. The highest BCUT2D eigenvalue weighted by molar-refractivity contribution is 7.91. The van der Waals surface area contributed by atoms with Crippen molar-refractivity contribution in [2.75, 3.05) is 5.75 Å². The Labute approximate surface area is 82.7 Å². The normalized spacial score (nSPS) is 11.5. The van der Waals surface area contributed by atoms with Crippen LogP contribution in [0, 0.1) is 0 Å². The van der Waals surface area contributed by atoms with Gasteiger partial charge in [-0.3, -0.25) is 0 Å². The molecular weight excluding hydrogens is 210 g/mol. The first kappa shape index (κ1) is 10.5. The molecule has 5 heteroatoms. The molecule has 72 valence electrons. The molecule has 0 N–H and O–H groups in total. The number of halogens is 1. The first-order chi connectivity index (χ1) is 6.06. The maximum absolute atomic E-state index is 11.4. The van der Waals surface area contributed by atoms with Crippen LogP contribution < -0.4 is 0 Å². The molecule has 0 atom stereocenters. The summed E-state index contributed by atoms with van der Waals surface area (Å²) in [5.41, 5.74) is 0. The lowest BCUT2D eigenvalue weighted by Crippen LogP contribution is -2.07. The quantitative estimate of drug-likeness (QED) is 0.781. The molecule has 3 nitrogen and oxygen atoms in total. The van der Waals surface area contributed by atoms with Crippen LogP contribution in [-0.4, -0.2) is 19.2 Å².